The topological polar surface area (TPSA) is 58.4 Å². The van der Waals surface area contributed by atoms with Crippen LogP contribution < -0.4 is 5.32 Å². The molecule has 2 saturated heterocycles. The van der Waals surface area contributed by atoms with Crippen LogP contribution in [0.2, 0.25) is 5.02 Å². The van der Waals surface area contributed by atoms with Crippen molar-refractivity contribution in [1.82, 2.24) is 15.4 Å². The third-order valence-corrected chi connectivity index (χ3v) is 4.89. The van der Waals surface area contributed by atoms with Crippen molar-refractivity contribution in [3.8, 4) is 11.3 Å². The molecule has 2 aliphatic heterocycles. The van der Waals surface area contributed by atoms with Gasteiger partial charge in [0.1, 0.15) is 5.69 Å². The Morgan fingerprint density at radius 3 is 2.92 bits per heavy atom. The number of hydrogen-bond donors (Lipinski definition) is 1. The summed E-state index contributed by atoms with van der Waals surface area (Å²) in [5.41, 5.74) is 1.47. The van der Waals surface area contributed by atoms with Gasteiger partial charge in [-0.25, -0.2) is 0 Å². The molecule has 1 aromatic heterocycles. The number of benzene rings is 1. The van der Waals surface area contributed by atoms with E-state index < -0.39 is 0 Å². The second-order valence-electron chi connectivity index (χ2n) is 6.26. The molecule has 2 atom stereocenters. The molecule has 3 heterocycles. The van der Waals surface area contributed by atoms with Crippen molar-refractivity contribution >= 4 is 29.9 Å². The Morgan fingerprint density at radius 1 is 1.25 bits per heavy atom. The molecule has 2 bridgehead atoms. The highest BCUT2D eigenvalue weighted by Crippen LogP contribution is 2.25. The lowest BCUT2D eigenvalue weighted by atomic mass is 10.1. The molecular formula is C17H19Cl2N3O2. The van der Waals surface area contributed by atoms with Crippen molar-refractivity contribution in [3.05, 3.63) is 41.1 Å². The van der Waals surface area contributed by atoms with E-state index in [4.69, 9.17) is 16.1 Å². The average molecular weight is 368 g/mol. The zero-order valence-electron chi connectivity index (χ0n) is 13.1. The molecule has 1 aromatic carbocycles. The number of aromatic nitrogens is 1. The van der Waals surface area contributed by atoms with Gasteiger partial charge in [-0.05, 0) is 31.4 Å². The highest BCUT2D eigenvalue weighted by atomic mass is 35.5. The van der Waals surface area contributed by atoms with Crippen molar-refractivity contribution in [3.63, 3.8) is 0 Å². The van der Waals surface area contributed by atoms with Gasteiger partial charge in [0.25, 0.3) is 5.91 Å². The molecule has 0 spiro atoms. The smallest absolute Gasteiger partial charge is 0.292 e. The van der Waals surface area contributed by atoms with Crippen molar-refractivity contribution in [2.24, 2.45) is 0 Å². The molecule has 1 N–H and O–H groups in total. The van der Waals surface area contributed by atoms with E-state index in [1.807, 2.05) is 23.1 Å². The first-order valence-corrected chi connectivity index (χ1v) is 8.35. The number of nitrogens with one attached hydrogen (secondary N) is 1. The molecule has 2 aromatic rings. The Hall–Kier alpha value is -1.56. The summed E-state index contributed by atoms with van der Waals surface area (Å²) in [5.74, 6) is 0.206. The van der Waals surface area contributed by atoms with Gasteiger partial charge in [0.2, 0.25) is 5.76 Å². The highest BCUT2D eigenvalue weighted by Gasteiger charge is 2.32. The number of carbonyl (C=O) groups is 1. The van der Waals surface area contributed by atoms with Crippen LogP contribution in [0.15, 0.2) is 34.9 Å². The Bertz CT molecular complexity index is 734. The molecule has 4 rings (SSSR count). The van der Waals surface area contributed by atoms with E-state index in [9.17, 15) is 4.79 Å². The third kappa shape index (κ3) is 3.43. The quantitative estimate of drug-likeness (QED) is 0.883. The monoisotopic (exact) mass is 367 g/mol. The number of rotatable bonds is 2. The SMILES string of the molecule is Cl.O=C(c1cc(-c2cccc(Cl)c2)no1)N1CCC2CCC(C1)N2. The van der Waals surface area contributed by atoms with Gasteiger partial charge in [-0.1, -0.05) is 28.9 Å². The van der Waals surface area contributed by atoms with Gasteiger partial charge in [0, 0.05) is 41.8 Å². The van der Waals surface area contributed by atoms with Gasteiger partial charge < -0.3 is 14.7 Å². The maximum absolute atomic E-state index is 12.7. The number of likely N-dealkylation sites (tertiary alicyclic amines) is 1. The number of amides is 1. The summed E-state index contributed by atoms with van der Waals surface area (Å²) in [6.45, 7) is 1.50. The molecule has 24 heavy (non-hydrogen) atoms. The Labute approximate surface area is 151 Å². The summed E-state index contributed by atoms with van der Waals surface area (Å²) in [7, 11) is 0. The van der Waals surface area contributed by atoms with Crippen LogP contribution in [0.1, 0.15) is 29.8 Å². The minimum Gasteiger partial charge on any atom is -0.350 e. The van der Waals surface area contributed by atoms with E-state index in [1.54, 1.807) is 12.1 Å². The van der Waals surface area contributed by atoms with Crippen molar-refractivity contribution in [2.45, 2.75) is 31.3 Å². The molecule has 1 amide bonds. The first-order chi connectivity index (χ1) is 11.2. The second-order valence-corrected chi connectivity index (χ2v) is 6.70. The van der Waals surface area contributed by atoms with Crippen LogP contribution in [0.4, 0.5) is 0 Å². The molecule has 5 nitrogen and oxygen atoms in total. The summed E-state index contributed by atoms with van der Waals surface area (Å²) >= 11 is 6.00. The standard InChI is InChI=1S/C17H18ClN3O2.ClH/c18-12-3-1-2-11(8-12)15-9-16(23-20-15)17(22)21-7-6-13-4-5-14(10-21)19-13;/h1-3,8-9,13-14,19H,4-7,10H2;1H. The molecule has 7 heteroatoms. The average Bonchev–Trinajstić information content (AvgIpc) is 3.13. The van der Waals surface area contributed by atoms with Crippen LogP contribution in [0.3, 0.4) is 0 Å². The lowest BCUT2D eigenvalue weighted by Gasteiger charge is -2.22. The molecular weight excluding hydrogens is 349 g/mol. The largest absolute Gasteiger partial charge is 0.350 e. The Morgan fingerprint density at radius 2 is 2.08 bits per heavy atom. The maximum Gasteiger partial charge on any atom is 0.292 e. The van der Waals surface area contributed by atoms with Crippen LogP contribution in [-0.2, 0) is 0 Å². The summed E-state index contributed by atoms with van der Waals surface area (Å²) in [5, 5.41) is 8.22. The second kappa shape index (κ2) is 7.13. The Balaban J connectivity index is 0.00000169. The van der Waals surface area contributed by atoms with Crippen LogP contribution >= 0.6 is 24.0 Å². The fraction of sp³-hybridized carbons (Fsp3) is 0.412. The van der Waals surface area contributed by atoms with Crippen molar-refractivity contribution in [2.75, 3.05) is 13.1 Å². The van der Waals surface area contributed by atoms with Gasteiger partial charge >= 0.3 is 0 Å². The van der Waals surface area contributed by atoms with E-state index in [2.05, 4.69) is 10.5 Å². The van der Waals surface area contributed by atoms with E-state index in [-0.39, 0.29) is 24.1 Å². The predicted octanol–water partition coefficient (Wildman–Crippen LogP) is 3.38. The van der Waals surface area contributed by atoms with Gasteiger partial charge in [-0.2, -0.15) is 0 Å². The fourth-order valence-electron chi connectivity index (χ4n) is 3.44. The molecule has 0 radical (unpaired) electrons. The molecule has 0 saturated carbocycles. The zero-order valence-corrected chi connectivity index (χ0v) is 14.6. The maximum atomic E-state index is 12.7. The molecule has 2 aliphatic rings. The zero-order chi connectivity index (χ0) is 15.8. The highest BCUT2D eigenvalue weighted by molar-refractivity contribution is 6.30. The van der Waals surface area contributed by atoms with Crippen LogP contribution in [0.25, 0.3) is 11.3 Å². The van der Waals surface area contributed by atoms with E-state index in [0.29, 0.717) is 22.8 Å². The van der Waals surface area contributed by atoms with E-state index in [0.717, 1.165) is 31.5 Å². The van der Waals surface area contributed by atoms with Crippen molar-refractivity contribution in [1.29, 1.82) is 0 Å². The van der Waals surface area contributed by atoms with Crippen LogP contribution in [0, 0.1) is 0 Å². The number of carbonyl (C=O) groups excluding carboxylic acids is 1. The van der Waals surface area contributed by atoms with Crippen LogP contribution in [-0.4, -0.2) is 41.1 Å². The van der Waals surface area contributed by atoms with Gasteiger partial charge in [-0.15, -0.1) is 12.4 Å². The summed E-state index contributed by atoms with van der Waals surface area (Å²) in [6.07, 6.45) is 3.35. The number of hydrogen-bond acceptors (Lipinski definition) is 4. The molecule has 2 unspecified atom stereocenters. The van der Waals surface area contributed by atoms with E-state index in [1.165, 1.54) is 6.42 Å². The normalized spacial score (nSPS) is 22.8. The molecule has 128 valence electrons. The Kier molecular flexibility index (Phi) is 5.13. The molecule has 2 fully saturated rings. The minimum atomic E-state index is -0.0832. The van der Waals surface area contributed by atoms with Crippen molar-refractivity contribution < 1.29 is 9.32 Å². The van der Waals surface area contributed by atoms with Gasteiger partial charge in [0.05, 0.1) is 0 Å². The number of halogens is 2. The number of nitrogens with zero attached hydrogens (tertiary/aromatic N) is 2. The predicted molar refractivity (Wildman–Crippen MR) is 94.7 cm³/mol. The summed E-state index contributed by atoms with van der Waals surface area (Å²) < 4.78 is 5.29. The lowest BCUT2D eigenvalue weighted by Crippen LogP contribution is -2.38. The van der Waals surface area contributed by atoms with Gasteiger partial charge in [-0.3, -0.25) is 4.79 Å². The van der Waals surface area contributed by atoms with Crippen LogP contribution in [0.5, 0.6) is 0 Å². The lowest BCUT2D eigenvalue weighted by molar-refractivity contribution is 0.0706. The molecule has 0 aliphatic carbocycles. The fourth-order valence-corrected chi connectivity index (χ4v) is 3.63. The summed E-state index contributed by atoms with van der Waals surface area (Å²) in [4.78, 5) is 14.6. The van der Waals surface area contributed by atoms with Gasteiger partial charge in [0.15, 0.2) is 0 Å². The van der Waals surface area contributed by atoms with E-state index >= 15 is 0 Å². The number of fused-ring (bicyclic) bond motifs is 2. The third-order valence-electron chi connectivity index (χ3n) is 4.65. The minimum absolute atomic E-state index is 0. The first-order valence-electron chi connectivity index (χ1n) is 7.97. The summed E-state index contributed by atoms with van der Waals surface area (Å²) in [6, 6.07) is 10.0. The first kappa shape index (κ1) is 17.3.